The summed E-state index contributed by atoms with van der Waals surface area (Å²) < 4.78 is 20.1. The third-order valence-corrected chi connectivity index (χ3v) is 2.65. The summed E-state index contributed by atoms with van der Waals surface area (Å²) in [6, 6.07) is 10.6. The van der Waals surface area contributed by atoms with Crippen LogP contribution in [0.1, 0.15) is 5.56 Å². The zero-order valence-electron chi connectivity index (χ0n) is 13.8. The van der Waals surface area contributed by atoms with Crippen molar-refractivity contribution >= 4 is 6.96 Å². The maximum atomic E-state index is 4.78. The summed E-state index contributed by atoms with van der Waals surface area (Å²) in [6.45, 7) is -0.846. The lowest BCUT2D eigenvalue weighted by Gasteiger charge is -2.34. The van der Waals surface area contributed by atoms with Crippen molar-refractivity contribution < 1.29 is 23.1 Å². The fourth-order valence-electron chi connectivity index (χ4n) is 1.71. The number of benzene rings is 1. The van der Waals surface area contributed by atoms with Gasteiger partial charge in [0.1, 0.15) is 6.54 Å². The van der Waals surface area contributed by atoms with Crippen molar-refractivity contribution in [3.8, 4) is 0 Å². The molecule has 0 saturated heterocycles. The Kier molecular flexibility index (Phi) is 8.68. The Bertz CT molecular complexity index is 332. The highest BCUT2D eigenvalue weighted by Gasteiger charge is 2.25. The monoisotopic (exact) mass is 285 g/mol. The van der Waals surface area contributed by atoms with Crippen molar-refractivity contribution in [1.82, 2.24) is 0 Å². The van der Waals surface area contributed by atoms with Crippen LogP contribution >= 0.6 is 0 Å². The molecular weight excluding hydrogens is 257 g/mol. The summed E-state index contributed by atoms with van der Waals surface area (Å²) in [6.07, 6.45) is 0. The van der Waals surface area contributed by atoms with E-state index in [2.05, 4.69) is 51.5 Å². The van der Waals surface area contributed by atoms with Gasteiger partial charge in [-0.3, -0.25) is 0 Å². The van der Waals surface area contributed by atoms with Crippen LogP contribution in [0.5, 0.6) is 0 Å². The van der Waals surface area contributed by atoms with Crippen LogP contribution in [-0.4, -0.2) is 61.0 Å². The topological polar surface area (TPSA) is 36.9 Å². The summed E-state index contributed by atoms with van der Waals surface area (Å²) in [5, 5.41) is 0. The summed E-state index contributed by atoms with van der Waals surface area (Å²) in [5.74, 6) is 0. The van der Waals surface area contributed by atoms with Gasteiger partial charge >= 0.3 is 6.96 Å². The first-order valence-corrected chi connectivity index (χ1v) is 6.50. The predicted octanol–water partition coefficient (Wildman–Crippen LogP) is 1.90. The van der Waals surface area contributed by atoms with E-state index in [0.29, 0.717) is 0 Å². The van der Waals surface area contributed by atoms with E-state index in [9.17, 15) is 0 Å². The average Bonchev–Trinajstić information content (AvgIpc) is 2.42. The summed E-state index contributed by atoms with van der Waals surface area (Å²) in [7, 11) is 12.4. The molecule has 0 fully saturated rings. The minimum Gasteiger partial charge on any atom is -0.521 e. The molecule has 20 heavy (non-hydrogen) atoms. The van der Waals surface area contributed by atoms with Crippen LogP contribution < -0.4 is 0 Å². The van der Waals surface area contributed by atoms with E-state index in [1.807, 2.05) is 0 Å². The van der Waals surface area contributed by atoms with Gasteiger partial charge in [0.2, 0.25) is 0 Å². The first-order valence-electron chi connectivity index (χ1n) is 6.50. The largest absolute Gasteiger partial charge is 0.530 e. The number of quaternary nitrogens is 1. The van der Waals surface area contributed by atoms with E-state index in [1.165, 1.54) is 34.0 Å². The summed E-state index contributed by atoms with van der Waals surface area (Å²) in [5.41, 5.74) is 1.40. The first-order chi connectivity index (χ1) is 9.32. The van der Waals surface area contributed by atoms with Gasteiger partial charge in [-0.25, -0.2) is 0 Å². The van der Waals surface area contributed by atoms with Gasteiger partial charge in [-0.2, -0.15) is 0 Å². The van der Waals surface area contributed by atoms with Gasteiger partial charge in [-0.05, 0) is 28.4 Å². The molecular formula is C14H28BNO4. The van der Waals surface area contributed by atoms with Crippen LogP contribution in [0.4, 0.5) is 0 Å². The van der Waals surface area contributed by atoms with Crippen LogP contribution in [0.2, 0.25) is 0 Å². The lowest BCUT2D eigenvalue weighted by Crippen LogP contribution is -2.45. The van der Waals surface area contributed by atoms with Crippen LogP contribution in [-0.2, 0) is 25.2 Å². The second kappa shape index (κ2) is 9.10. The predicted molar refractivity (Wildman–Crippen MR) is 82.0 cm³/mol. The zero-order valence-corrected chi connectivity index (χ0v) is 13.8. The molecule has 0 aliphatic carbocycles. The molecule has 0 spiro atoms. The van der Waals surface area contributed by atoms with Gasteiger partial charge < -0.3 is 23.1 Å². The van der Waals surface area contributed by atoms with Gasteiger partial charge in [0.15, 0.2) is 0 Å². The van der Waals surface area contributed by atoms with Crippen LogP contribution in [0, 0.1) is 0 Å². The second-order valence-electron chi connectivity index (χ2n) is 5.45. The van der Waals surface area contributed by atoms with Gasteiger partial charge in [0.25, 0.3) is 0 Å². The SMILES string of the molecule is CO[B-](OC)(OC)OC.C[N+](C)(C)Cc1ccccc1. The number of hydrogen-bond acceptors (Lipinski definition) is 4. The Hall–Kier alpha value is -0.915. The molecule has 0 heterocycles. The third-order valence-electron chi connectivity index (χ3n) is 2.65. The average molecular weight is 285 g/mol. The highest BCUT2D eigenvalue weighted by Crippen LogP contribution is 2.05. The molecule has 0 aliphatic heterocycles. The molecule has 0 N–H and O–H groups in total. The normalized spacial score (nSPS) is 11.8. The third kappa shape index (κ3) is 7.62. The first kappa shape index (κ1) is 19.1. The van der Waals surface area contributed by atoms with Crippen molar-refractivity contribution in [2.45, 2.75) is 6.54 Å². The molecule has 0 saturated carbocycles. The van der Waals surface area contributed by atoms with Crippen molar-refractivity contribution in [2.24, 2.45) is 0 Å². The molecule has 0 aromatic heterocycles. The zero-order chi connectivity index (χ0) is 15.6. The molecule has 0 atom stereocenters. The van der Waals surface area contributed by atoms with Crippen LogP contribution in [0.15, 0.2) is 30.3 Å². The Morgan fingerprint density at radius 2 is 1.20 bits per heavy atom. The van der Waals surface area contributed by atoms with Gasteiger partial charge in [0.05, 0.1) is 21.1 Å². The van der Waals surface area contributed by atoms with Gasteiger partial charge in [-0.15, -0.1) is 0 Å². The molecule has 0 radical (unpaired) electrons. The molecule has 1 aromatic carbocycles. The Labute approximate surface area is 123 Å². The lowest BCUT2D eigenvalue weighted by atomic mass is 10.1. The van der Waals surface area contributed by atoms with E-state index in [1.54, 1.807) is 0 Å². The van der Waals surface area contributed by atoms with E-state index >= 15 is 0 Å². The fourth-order valence-corrected chi connectivity index (χ4v) is 1.71. The Morgan fingerprint density at radius 1 is 0.800 bits per heavy atom. The molecule has 0 aliphatic rings. The van der Waals surface area contributed by atoms with E-state index in [0.717, 1.165) is 11.0 Å². The van der Waals surface area contributed by atoms with Crippen molar-refractivity contribution in [3.05, 3.63) is 35.9 Å². The molecule has 116 valence electrons. The Balaban J connectivity index is 0.000000370. The van der Waals surface area contributed by atoms with E-state index < -0.39 is 6.96 Å². The minimum atomic E-state index is -1.94. The standard InChI is InChI=1S/C10H16N.C4H12BO4/c1-11(2,3)9-10-7-5-4-6-8-10;1-6-5(7-2,8-3)9-4/h4-8H,9H2,1-3H3;1-4H3/q+1;-1. The quantitative estimate of drug-likeness (QED) is 0.591. The molecule has 0 amide bonds. The molecule has 6 heteroatoms. The summed E-state index contributed by atoms with van der Waals surface area (Å²) in [4.78, 5) is 0. The molecule has 0 unspecified atom stereocenters. The second-order valence-corrected chi connectivity index (χ2v) is 5.45. The number of rotatable bonds is 6. The van der Waals surface area contributed by atoms with Crippen molar-refractivity contribution in [3.63, 3.8) is 0 Å². The Morgan fingerprint density at radius 3 is 1.45 bits per heavy atom. The highest BCUT2D eigenvalue weighted by atomic mass is 16.9. The van der Waals surface area contributed by atoms with E-state index in [4.69, 9.17) is 18.6 Å². The highest BCUT2D eigenvalue weighted by molar-refractivity contribution is 6.53. The maximum absolute atomic E-state index is 4.78. The van der Waals surface area contributed by atoms with E-state index in [-0.39, 0.29) is 0 Å². The molecule has 0 bridgehead atoms. The van der Waals surface area contributed by atoms with Crippen LogP contribution in [0.3, 0.4) is 0 Å². The molecule has 1 rings (SSSR count). The minimum absolute atomic E-state index is 0.990. The van der Waals surface area contributed by atoms with Gasteiger partial charge in [0, 0.05) is 5.56 Å². The number of hydrogen-bond donors (Lipinski definition) is 0. The molecule has 1 aromatic rings. The molecule has 5 nitrogen and oxygen atoms in total. The summed E-state index contributed by atoms with van der Waals surface area (Å²) >= 11 is 0. The smallest absolute Gasteiger partial charge is 0.521 e. The maximum Gasteiger partial charge on any atom is 0.530 e. The lowest BCUT2D eigenvalue weighted by molar-refractivity contribution is -0.884. The fraction of sp³-hybridized carbons (Fsp3) is 0.571. The van der Waals surface area contributed by atoms with Gasteiger partial charge in [-0.1, -0.05) is 30.3 Å². The number of nitrogens with zero attached hydrogens (tertiary/aromatic N) is 1. The van der Waals surface area contributed by atoms with Crippen LogP contribution in [0.25, 0.3) is 0 Å². The van der Waals surface area contributed by atoms with Crippen molar-refractivity contribution in [2.75, 3.05) is 49.6 Å². The van der Waals surface area contributed by atoms with Crippen molar-refractivity contribution in [1.29, 1.82) is 0 Å².